The zero-order valence-corrected chi connectivity index (χ0v) is 12.0. The summed E-state index contributed by atoms with van der Waals surface area (Å²) in [6.45, 7) is 6.57. The summed E-state index contributed by atoms with van der Waals surface area (Å²) in [7, 11) is 0. The number of nitrogens with one attached hydrogen (secondary N) is 2. The van der Waals surface area contributed by atoms with Crippen molar-refractivity contribution < 1.29 is 4.79 Å². The molecule has 2 aliphatic heterocycles. The minimum atomic E-state index is 0.0875. The Hall–Kier alpha value is -0.610. The van der Waals surface area contributed by atoms with E-state index in [-0.39, 0.29) is 11.9 Å². The number of carbonyl (C=O) groups is 1. The van der Waals surface area contributed by atoms with Crippen molar-refractivity contribution in [3.8, 4) is 0 Å². The summed E-state index contributed by atoms with van der Waals surface area (Å²) in [6.07, 6.45) is 6.22. The van der Waals surface area contributed by atoms with Crippen LogP contribution < -0.4 is 10.6 Å². The van der Waals surface area contributed by atoms with Crippen molar-refractivity contribution in [2.45, 2.75) is 51.1 Å². The van der Waals surface area contributed by atoms with Crippen molar-refractivity contribution in [3.05, 3.63) is 0 Å². The molecular weight excluding hydrogens is 238 g/mol. The summed E-state index contributed by atoms with van der Waals surface area (Å²) in [5, 5.41) is 6.74. The molecule has 0 radical (unpaired) electrons. The topological polar surface area (TPSA) is 44.4 Å². The van der Waals surface area contributed by atoms with Crippen LogP contribution in [0.2, 0.25) is 0 Å². The highest BCUT2D eigenvalue weighted by atomic mass is 16.2. The molecule has 0 bridgehead atoms. The maximum atomic E-state index is 12.5. The lowest BCUT2D eigenvalue weighted by Crippen LogP contribution is -2.52. The lowest BCUT2D eigenvalue weighted by molar-refractivity contribution is -0.124. The Morgan fingerprint density at radius 1 is 1.32 bits per heavy atom. The molecule has 3 rings (SSSR count). The summed E-state index contributed by atoms with van der Waals surface area (Å²) in [5.41, 5.74) is 0. The van der Waals surface area contributed by atoms with E-state index >= 15 is 0 Å². The highest BCUT2D eigenvalue weighted by Gasteiger charge is 2.42. The van der Waals surface area contributed by atoms with Gasteiger partial charge < -0.3 is 15.5 Å². The fourth-order valence-corrected chi connectivity index (χ4v) is 4.23. The molecule has 4 unspecified atom stereocenters. The Bertz CT molecular complexity index is 333. The first kappa shape index (κ1) is 13.4. The monoisotopic (exact) mass is 265 g/mol. The maximum absolute atomic E-state index is 12.5. The van der Waals surface area contributed by atoms with Crippen LogP contribution in [0.3, 0.4) is 0 Å². The Balaban J connectivity index is 1.53. The van der Waals surface area contributed by atoms with Gasteiger partial charge in [0.1, 0.15) is 0 Å². The molecule has 3 aliphatic rings. The lowest BCUT2D eigenvalue weighted by Gasteiger charge is -2.33. The fourth-order valence-electron chi connectivity index (χ4n) is 4.23. The van der Waals surface area contributed by atoms with E-state index in [1.165, 1.54) is 32.2 Å². The van der Waals surface area contributed by atoms with Gasteiger partial charge in [-0.3, -0.25) is 4.79 Å². The van der Waals surface area contributed by atoms with Crippen molar-refractivity contribution in [2.24, 2.45) is 11.8 Å². The first-order valence-corrected chi connectivity index (χ1v) is 8.04. The number of likely N-dealkylation sites (N-methyl/N-ethyl adjacent to an activating group) is 1. The number of hydrogen-bond donors (Lipinski definition) is 2. The minimum Gasteiger partial charge on any atom is -0.351 e. The molecular formula is C15H27N3O. The molecule has 4 nitrogen and oxygen atoms in total. The van der Waals surface area contributed by atoms with Crippen LogP contribution in [0.5, 0.6) is 0 Å². The van der Waals surface area contributed by atoms with E-state index in [1.807, 2.05) is 0 Å². The van der Waals surface area contributed by atoms with Gasteiger partial charge in [-0.25, -0.2) is 0 Å². The predicted molar refractivity (Wildman–Crippen MR) is 75.9 cm³/mol. The van der Waals surface area contributed by atoms with Gasteiger partial charge in [0.25, 0.3) is 0 Å². The van der Waals surface area contributed by atoms with Crippen molar-refractivity contribution in [2.75, 3.05) is 26.2 Å². The van der Waals surface area contributed by atoms with Crippen LogP contribution in [0.25, 0.3) is 0 Å². The van der Waals surface area contributed by atoms with Gasteiger partial charge in [-0.2, -0.15) is 0 Å². The third kappa shape index (κ3) is 2.79. The molecule has 1 aliphatic carbocycles. The van der Waals surface area contributed by atoms with E-state index < -0.39 is 0 Å². The summed E-state index contributed by atoms with van der Waals surface area (Å²) in [5.74, 6) is 1.62. The fraction of sp³-hybridized carbons (Fsp3) is 0.933. The number of nitrogens with zero attached hydrogens (tertiary/aromatic N) is 1. The van der Waals surface area contributed by atoms with Gasteiger partial charge in [0.05, 0.1) is 6.04 Å². The third-order valence-electron chi connectivity index (χ3n) is 5.33. The Labute approximate surface area is 116 Å². The minimum absolute atomic E-state index is 0.0875. The van der Waals surface area contributed by atoms with E-state index in [1.54, 1.807) is 0 Å². The summed E-state index contributed by atoms with van der Waals surface area (Å²) in [6, 6.07) is 0.452. The molecule has 3 fully saturated rings. The highest BCUT2D eigenvalue weighted by Crippen LogP contribution is 2.37. The number of amides is 1. The SMILES string of the molecule is CCN1CCCC(NC(=O)C2NCC3CCCC32)C1. The molecule has 2 saturated heterocycles. The van der Waals surface area contributed by atoms with Gasteiger partial charge in [-0.1, -0.05) is 13.3 Å². The van der Waals surface area contributed by atoms with E-state index in [0.717, 1.165) is 32.0 Å². The van der Waals surface area contributed by atoms with E-state index in [0.29, 0.717) is 12.0 Å². The van der Waals surface area contributed by atoms with Crippen LogP contribution >= 0.6 is 0 Å². The van der Waals surface area contributed by atoms with Crippen molar-refractivity contribution in [1.82, 2.24) is 15.5 Å². The molecule has 19 heavy (non-hydrogen) atoms. The average molecular weight is 265 g/mol. The maximum Gasteiger partial charge on any atom is 0.237 e. The lowest BCUT2D eigenvalue weighted by atomic mass is 9.93. The van der Waals surface area contributed by atoms with Crippen molar-refractivity contribution >= 4 is 5.91 Å². The van der Waals surface area contributed by atoms with Crippen molar-refractivity contribution in [3.63, 3.8) is 0 Å². The molecule has 4 atom stereocenters. The summed E-state index contributed by atoms with van der Waals surface area (Å²) < 4.78 is 0. The number of carbonyl (C=O) groups excluding carboxylic acids is 1. The van der Waals surface area contributed by atoms with Gasteiger partial charge in [0, 0.05) is 12.6 Å². The number of piperidine rings is 1. The standard InChI is InChI=1S/C15H27N3O/c1-2-18-8-4-6-12(10-18)17-15(19)14-13-7-3-5-11(13)9-16-14/h11-14,16H,2-10H2,1H3,(H,17,19). The van der Waals surface area contributed by atoms with Crippen LogP contribution in [-0.4, -0.2) is 49.1 Å². The van der Waals surface area contributed by atoms with Gasteiger partial charge in [0.2, 0.25) is 5.91 Å². The van der Waals surface area contributed by atoms with Crippen LogP contribution in [0, 0.1) is 11.8 Å². The van der Waals surface area contributed by atoms with Gasteiger partial charge in [-0.05, 0) is 57.2 Å². The quantitative estimate of drug-likeness (QED) is 0.799. The molecule has 0 aromatic heterocycles. The van der Waals surface area contributed by atoms with Gasteiger partial charge in [-0.15, -0.1) is 0 Å². The first-order valence-electron chi connectivity index (χ1n) is 8.04. The second-order valence-corrected chi connectivity index (χ2v) is 6.48. The zero-order chi connectivity index (χ0) is 13.2. The number of fused-ring (bicyclic) bond motifs is 1. The molecule has 0 aromatic carbocycles. The van der Waals surface area contributed by atoms with Crippen LogP contribution in [-0.2, 0) is 4.79 Å². The molecule has 4 heteroatoms. The van der Waals surface area contributed by atoms with E-state index in [9.17, 15) is 4.79 Å². The number of likely N-dealkylation sites (tertiary alicyclic amines) is 1. The Morgan fingerprint density at radius 2 is 2.21 bits per heavy atom. The summed E-state index contributed by atoms with van der Waals surface area (Å²) >= 11 is 0. The summed E-state index contributed by atoms with van der Waals surface area (Å²) in [4.78, 5) is 14.9. The van der Waals surface area contributed by atoms with Crippen LogP contribution in [0.4, 0.5) is 0 Å². The van der Waals surface area contributed by atoms with E-state index in [4.69, 9.17) is 0 Å². The van der Waals surface area contributed by atoms with Gasteiger partial charge >= 0.3 is 0 Å². The predicted octanol–water partition coefficient (Wildman–Crippen LogP) is 0.975. The zero-order valence-electron chi connectivity index (χ0n) is 12.0. The molecule has 0 spiro atoms. The largest absolute Gasteiger partial charge is 0.351 e. The second kappa shape index (κ2) is 5.80. The first-order chi connectivity index (χ1) is 9.28. The van der Waals surface area contributed by atoms with Crippen molar-refractivity contribution in [1.29, 1.82) is 0 Å². The second-order valence-electron chi connectivity index (χ2n) is 6.48. The number of rotatable bonds is 3. The van der Waals surface area contributed by atoms with Gasteiger partial charge in [0.15, 0.2) is 0 Å². The highest BCUT2D eigenvalue weighted by molar-refractivity contribution is 5.83. The Kier molecular flexibility index (Phi) is 4.08. The molecule has 0 aromatic rings. The van der Waals surface area contributed by atoms with E-state index in [2.05, 4.69) is 22.5 Å². The molecule has 108 valence electrons. The Morgan fingerprint density at radius 3 is 3.05 bits per heavy atom. The third-order valence-corrected chi connectivity index (χ3v) is 5.33. The molecule has 1 amide bonds. The van der Waals surface area contributed by atoms with Crippen LogP contribution in [0.1, 0.15) is 39.0 Å². The normalized spacial score (nSPS) is 39.2. The molecule has 1 saturated carbocycles. The number of hydrogen-bond acceptors (Lipinski definition) is 3. The molecule has 2 N–H and O–H groups in total. The molecule has 2 heterocycles. The van der Waals surface area contributed by atoms with Crippen LogP contribution in [0.15, 0.2) is 0 Å². The smallest absolute Gasteiger partial charge is 0.237 e. The average Bonchev–Trinajstić information content (AvgIpc) is 3.01.